The topological polar surface area (TPSA) is 29.1 Å². The average molecular weight is 316 g/mol. The molecule has 1 amide bonds. The van der Waals surface area contributed by atoms with Gasteiger partial charge in [0.15, 0.2) is 0 Å². The summed E-state index contributed by atoms with van der Waals surface area (Å²) in [6.07, 6.45) is 3.46. The van der Waals surface area contributed by atoms with Gasteiger partial charge in [-0.15, -0.1) is 0 Å². The van der Waals surface area contributed by atoms with Crippen LogP contribution in [-0.2, 0) is 0 Å². The van der Waals surface area contributed by atoms with E-state index in [4.69, 9.17) is 0 Å². The Morgan fingerprint density at radius 2 is 1.83 bits per heavy atom. The normalized spacial score (nSPS) is 28.7. The Morgan fingerprint density at radius 3 is 2.30 bits per heavy atom. The van der Waals surface area contributed by atoms with Crippen LogP contribution >= 0.6 is 0 Å². The van der Waals surface area contributed by atoms with Crippen molar-refractivity contribution in [2.45, 2.75) is 66.8 Å². The fourth-order valence-corrected chi connectivity index (χ4v) is 4.64. The molecule has 1 aliphatic rings. The number of carbonyl (C=O) groups is 1. The molecular weight excluding hydrogens is 282 g/mol. The van der Waals surface area contributed by atoms with Crippen LogP contribution in [0.4, 0.5) is 0 Å². The maximum atomic E-state index is 12.4. The number of benzene rings is 1. The van der Waals surface area contributed by atoms with Gasteiger partial charge in [-0.3, -0.25) is 4.79 Å². The summed E-state index contributed by atoms with van der Waals surface area (Å²) >= 11 is 0. The van der Waals surface area contributed by atoms with Crippen LogP contribution in [0.3, 0.4) is 0 Å². The number of nitrogens with one attached hydrogen (secondary N) is 1. The molecule has 0 aliphatic heterocycles. The quantitative estimate of drug-likeness (QED) is 0.806. The third-order valence-corrected chi connectivity index (χ3v) is 6.23. The van der Waals surface area contributed by atoms with E-state index in [-0.39, 0.29) is 11.9 Å². The van der Waals surface area contributed by atoms with E-state index < -0.39 is 0 Å². The predicted octanol–water partition coefficient (Wildman–Crippen LogP) is 5.29. The van der Waals surface area contributed by atoms with Crippen LogP contribution in [-0.4, -0.2) is 11.9 Å². The van der Waals surface area contributed by atoms with Gasteiger partial charge in [0, 0.05) is 11.6 Å². The molecule has 0 spiro atoms. The third-order valence-electron chi connectivity index (χ3n) is 6.23. The highest BCUT2D eigenvalue weighted by Crippen LogP contribution is 2.55. The highest BCUT2D eigenvalue weighted by molar-refractivity contribution is 5.94. The second-order valence-corrected chi connectivity index (χ2v) is 8.73. The molecule has 0 heterocycles. The smallest absolute Gasteiger partial charge is 0.251 e. The van der Waals surface area contributed by atoms with Crippen molar-refractivity contribution in [3.63, 3.8) is 0 Å². The summed E-state index contributed by atoms with van der Waals surface area (Å²) in [5.41, 5.74) is 1.42. The van der Waals surface area contributed by atoms with Gasteiger partial charge < -0.3 is 5.32 Å². The standard InChI is InChI=1S/C21H33NO/c1-15(2)21(20(4,5)6)13-12-18(16(3)14-21)22-19(23)17-10-8-7-9-11-17/h7-11,15-16,18H,12-14H2,1-6H3,(H,22,23)/t16-,18?,21?/m1/s1. The molecule has 0 aromatic heterocycles. The number of hydrogen-bond donors (Lipinski definition) is 1. The Kier molecular flexibility index (Phi) is 5.23. The fraction of sp³-hybridized carbons (Fsp3) is 0.667. The minimum atomic E-state index is 0.0651. The first kappa shape index (κ1) is 18.0. The van der Waals surface area contributed by atoms with Crippen molar-refractivity contribution >= 4 is 5.91 Å². The van der Waals surface area contributed by atoms with Crippen molar-refractivity contribution in [1.29, 1.82) is 0 Å². The molecule has 23 heavy (non-hydrogen) atoms. The van der Waals surface area contributed by atoms with Crippen LogP contribution in [0.2, 0.25) is 0 Å². The molecule has 0 bridgehead atoms. The van der Waals surface area contributed by atoms with Crippen molar-refractivity contribution in [2.75, 3.05) is 0 Å². The van der Waals surface area contributed by atoms with E-state index in [1.54, 1.807) is 0 Å². The molecule has 1 aliphatic carbocycles. The zero-order valence-corrected chi connectivity index (χ0v) is 15.6. The van der Waals surface area contributed by atoms with Gasteiger partial charge in [0.2, 0.25) is 0 Å². The lowest BCUT2D eigenvalue weighted by Gasteiger charge is -2.54. The van der Waals surface area contributed by atoms with Crippen LogP contribution in [0.25, 0.3) is 0 Å². The summed E-state index contributed by atoms with van der Waals surface area (Å²) in [5, 5.41) is 3.27. The van der Waals surface area contributed by atoms with Crippen LogP contribution in [0.1, 0.15) is 71.2 Å². The Balaban J connectivity index is 2.08. The van der Waals surface area contributed by atoms with Crippen molar-refractivity contribution < 1.29 is 4.79 Å². The summed E-state index contributed by atoms with van der Waals surface area (Å²) in [7, 11) is 0. The maximum Gasteiger partial charge on any atom is 0.251 e. The van der Waals surface area contributed by atoms with Gasteiger partial charge in [0.05, 0.1) is 0 Å². The van der Waals surface area contributed by atoms with Gasteiger partial charge in [-0.1, -0.05) is 59.7 Å². The Morgan fingerprint density at radius 1 is 1.22 bits per heavy atom. The van der Waals surface area contributed by atoms with Gasteiger partial charge in [-0.05, 0) is 54.1 Å². The van der Waals surface area contributed by atoms with Crippen LogP contribution in [0.5, 0.6) is 0 Å². The summed E-state index contributed by atoms with van der Waals surface area (Å²) in [6, 6.07) is 9.84. The molecule has 2 unspecified atom stereocenters. The lowest BCUT2D eigenvalue weighted by molar-refractivity contribution is -0.0358. The van der Waals surface area contributed by atoms with E-state index in [0.717, 1.165) is 12.0 Å². The second kappa shape index (κ2) is 6.67. The van der Waals surface area contributed by atoms with Gasteiger partial charge in [-0.25, -0.2) is 0 Å². The zero-order valence-electron chi connectivity index (χ0n) is 15.6. The highest BCUT2D eigenvalue weighted by Gasteiger charge is 2.48. The summed E-state index contributed by atoms with van der Waals surface area (Å²) in [5.74, 6) is 1.24. The van der Waals surface area contributed by atoms with Gasteiger partial charge >= 0.3 is 0 Å². The molecule has 1 aromatic carbocycles. The fourth-order valence-electron chi connectivity index (χ4n) is 4.64. The molecule has 3 atom stereocenters. The minimum absolute atomic E-state index is 0.0651. The van der Waals surface area contributed by atoms with E-state index in [9.17, 15) is 4.79 Å². The molecule has 2 rings (SSSR count). The molecule has 1 fully saturated rings. The van der Waals surface area contributed by atoms with Crippen molar-refractivity contribution in [3.05, 3.63) is 35.9 Å². The Labute approximate surface area is 142 Å². The van der Waals surface area contributed by atoms with Crippen LogP contribution in [0, 0.1) is 22.7 Å². The van der Waals surface area contributed by atoms with E-state index in [2.05, 4.69) is 46.9 Å². The van der Waals surface area contributed by atoms with E-state index in [0.29, 0.717) is 22.7 Å². The Bertz CT molecular complexity index is 529. The van der Waals surface area contributed by atoms with E-state index in [1.165, 1.54) is 12.8 Å². The predicted molar refractivity (Wildman–Crippen MR) is 97.4 cm³/mol. The number of rotatable bonds is 3. The van der Waals surface area contributed by atoms with Gasteiger partial charge in [0.25, 0.3) is 5.91 Å². The lowest BCUT2D eigenvalue weighted by Crippen LogP contribution is -2.51. The number of hydrogen-bond acceptors (Lipinski definition) is 1. The maximum absolute atomic E-state index is 12.4. The molecule has 0 radical (unpaired) electrons. The lowest BCUT2D eigenvalue weighted by atomic mass is 9.52. The highest BCUT2D eigenvalue weighted by atomic mass is 16.1. The first-order chi connectivity index (χ1) is 10.7. The Hall–Kier alpha value is -1.31. The second-order valence-electron chi connectivity index (χ2n) is 8.73. The van der Waals surface area contributed by atoms with Gasteiger partial charge in [-0.2, -0.15) is 0 Å². The zero-order chi connectivity index (χ0) is 17.3. The summed E-state index contributed by atoms with van der Waals surface area (Å²) in [4.78, 5) is 12.4. The molecule has 2 heteroatoms. The first-order valence-electron chi connectivity index (χ1n) is 9.03. The summed E-state index contributed by atoms with van der Waals surface area (Å²) in [6.45, 7) is 14.2. The largest absolute Gasteiger partial charge is 0.349 e. The minimum Gasteiger partial charge on any atom is -0.349 e. The molecule has 1 N–H and O–H groups in total. The molecule has 1 saturated carbocycles. The number of carbonyl (C=O) groups excluding carboxylic acids is 1. The first-order valence-corrected chi connectivity index (χ1v) is 9.03. The molecule has 0 saturated heterocycles. The number of amides is 1. The van der Waals surface area contributed by atoms with Crippen molar-refractivity contribution in [1.82, 2.24) is 5.32 Å². The SMILES string of the molecule is CC(C)C1(C(C)(C)C)CCC(NC(=O)c2ccccc2)[C@H](C)C1. The van der Waals surface area contributed by atoms with Crippen LogP contribution < -0.4 is 5.32 Å². The average Bonchev–Trinajstić information content (AvgIpc) is 2.48. The van der Waals surface area contributed by atoms with Crippen molar-refractivity contribution in [3.8, 4) is 0 Å². The molecule has 2 nitrogen and oxygen atoms in total. The van der Waals surface area contributed by atoms with Crippen LogP contribution in [0.15, 0.2) is 30.3 Å². The van der Waals surface area contributed by atoms with Crippen molar-refractivity contribution in [2.24, 2.45) is 22.7 Å². The van der Waals surface area contributed by atoms with E-state index >= 15 is 0 Å². The van der Waals surface area contributed by atoms with E-state index in [1.807, 2.05) is 30.3 Å². The molecular formula is C21H33NO. The van der Waals surface area contributed by atoms with Gasteiger partial charge in [0.1, 0.15) is 0 Å². The molecule has 1 aromatic rings. The summed E-state index contributed by atoms with van der Waals surface area (Å²) < 4.78 is 0. The molecule has 128 valence electrons. The monoisotopic (exact) mass is 315 g/mol. The third kappa shape index (κ3) is 3.62.